The van der Waals surface area contributed by atoms with Gasteiger partial charge in [-0.25, -0.2) is 4.79 Å². The molecule has 196 valence electrons. The molecule has 0 aromatic carbocycles. The van der Waals surface area contributed by atoms with Crippen LogP contribution in [-0.2, 0) is 19.1 Å². The summed E-state index contributed by atoms with van der Waals surface area (Å²) in [6.45, 7) is 1.39. The highest BCUT2D eigenvalue weighted by molar-refractivity contribution is 5.93. The average Bonchev–Trinajstić information content (AvgIpc) is 2.84. The maximum Gasteiger partial charge on any atom is 0.348 e. The van der Waals surface area contributed by atoms with Crippen LogP contribution >= 0.6 is 0 Å². The van der Waals surface area contributed by atoms with Gasteiger partial charge in [0.1, 0.15) is 17.6 Å². The molecule has 0 spiro atoms. The van der Waals surface area contributed by atoms with Crippen LogP contribution in [-0.4, -0.2) is 115 Å². The molecule has 0 saturated heterocycles. The number of hydrogen-bond donors (Lipinski definition) is 4. The maximum absolute atomic E-state index is 12.1. The third-order valence-electron chi connectivity index (χ3n) is 4.68. The molecular formula is C23H36N4O8. The quantitative estimate of drug-likeness (QED) is 0.0525. The molecule has 35 heavy (non-hydrogen) atoms. The highest BCUT2D eigenvalue weighted by Gasteiger charge is 2.19. The summed E-state index contributed by atoms with van der Waals surface area (Å²) in [6.07, 6.45) is 5.19. The Morgan fingerprint density at radius 3 is 2.00 bits per heavy atom. The summed E-state index contributed by atoms with van der Waals surface area (Å²) in [5.74, 6) is -2.46. The van der Waals surface area contributed by atoms with Crippen molar-refractivity contribution < 1.29 is 39.5 Å². The van der Waals surface area contributed by atoms with E-state index in [1.54, 1.807) is 11.0 Å². The zero-order chi connectivity index (χ0) is 26.3. The van der Waals surface area contributed by atoms with E-state index in [1.165, 1.54) is 18.4 Å². The predicted molar refractivity (Wildman–Crippen MR) is 124 cm³/mol. The Kier molecular flexibility index (Phi) is 19.7. The van der Waals surface area contributed by atoms with Crippen LogP contribution in [0.3, 0.4) is 0 Å². The fraction of sp³-hybridized carbons (Fsp3) is 0.652. The maximum atomic E-state index is 12.1. The first kappa shape index (κ1) is 32.0. The van der Waals surface area contributed by atoms with Gasteiger partial charge in [0.05, 0.1) is 45.7 Å². The number of aliphatic hydroxyl groups is 4. The Hall–Kier alpha value is -3.00. The molecule has 0 bridgehead atoms. The molecule has 0 aromatic heterocycles. The van der Waals surface area contributed by atoms with Gasteiger partial charge in [0.15, 0.2) is 0 Å². The molecule has 0 aliphatic rings. The number of hydrogen-bond acceptors (Lipinski definition) is 12. The second-order valence-corrected chi connectivity index (χ2v) is 7.29. The van der Waals surface area contributed by atoms with Gasteiger partial charge in [0.2, 0.25) is 0 Å². The van der Waals surface area contributed by atoms with Crippen molar-refractivity contribution >= 4 is 11.9 Å². The zero-order valence-electron chi connectivity index (χ0n) is 19.9. The highest BCUT2D eigenvalue weighted by Crippen LogP contribution is 2.09. The molecule has 0 amide bonds. The third-order valence-corrected chi connectivity index (χ3v) is 4.68. The lowest BCUT2D eigenvalue weighted by atomic mass is 10.1. The second-order valence-electron chi connectivity index (χ2n) is 7.29. The zero-order valence-corrected chi connectivity index (χ0v) is 19.9. The summed E-state index contributed by atoms with van der Waals surface area (Å²) >= 11 is 0. The van der Waals surface area contributed by atoms with Crippen LogP contribution in [0.1, 0.15) is 19.3 Å². The van der Waals surface area contributed by atoms with Crippen LogP contribution < -0.4 is 0 Å². The van der Waals surface area contributed by atoms with E-state index in [4.69, 9.17) is 35.2 Å². The van der Waals surface area contributed by atoms with Crippen molar-refractivity contribution in [1.82, 2.24) is 9.80 Å². The average molecular weight is 497 g/mol. The van der Waals surface area contributed by atoms with Crippen molar-refractivity contribution in [2.45, 2.75) is 19.3 Å². The molecule has 4 N–H and O–H groups in total. The minimum absolute atomic E-state index is 0.0511. The lowest BCUT2D eigenvalue weighted by Crippen LogP contribution is -2.31. The molecule has 0 fully saturated rings. The van der Waals surface area contributed by atoms with Crippen molar-refractivity contribution in [3.8, 4) is 12.1 Å². The third kappa shape index (κ3) is 15.5. The Morgan fingerprint density at radius 1 is 0.857 bits per heavy atom. The molecule has 12 heteroatoms. The van der Waals surface area contributed by atoms with Gasteiger partial charge in [0.25, 0.3) is 0 Å². The molecule has 12 nitrogen and oxygen atoms in total. The number of rotatable bonds is 20. The standard InChI is InChI=1S/C23H36N4O8/c24-18-20(4-1-6-26(8-12-28)9-13-29)22(32)34-16-3-17-35-23(33)21(19-25)5-2-7-27(10-14-30)11-15-31/h1,4,6,21,28-31H,2-3,5,7-17H2/b6-1+,20-4+. The molecule has 0 aromatic rings. The van der Waals surface area contributed by atoms with Crippen molar-refractivity contribution in [2.75, 3.05) is 72.4 Å². The number of ether oxygens (including phenoxy) is 2. The highest BCUT2D eigenvalue weighted by atomic mass is 16.5. The first-order valence-corrected chi connectivity index (χ1v) is 11.4. The molecule has 0 heterocycles. The van der Waals surface area contributed by atoms with Gasteiger partial charge in [-0.1, -0.05) is 0 Å². The van der Waals surface area contributed by atoms with Gasteiger partial charge in [-0.15, -0.1) is 0 Å². The van der Waals surface area contributed by atoms with Crippen molar-refractivity contribution in [1.29, 1.82) is 10.5 Å². The van der Waals surface area contributed by atoms with Crippen LogP contribution in [0.15, 0.2) is 23.9 Å². The Morgan fingerprint density at radius 2 is 1.46 bits per heavy atom. The predicted octanol–water partition coefficient (Wildman–Crippen LogP) is -1.08. The van der Waals surface area contributed by atoms with Gasteiger partial charge < -0.3 is 34.8 Å². The number of aliphatic hydroxyl groups excluding tert-OH is 4. The first-order valence-electron chi connectivity index (χ1n) is 11.4. The van der Waals surface area contributed by atoms with Crippen molar-refractivity contribution in [3.63, 3.8) is 0 Å². The fourth-order valence-electron chi connectivity index (χ4n) is 2.88. The molecule has 0 aliphatic heterocycles. The number of esters is 2. The van der Waals surface area contributed by atoms with Crippen LogP contribution in [0.5, 0.6) is 0 Å². The van der Waals surface area contributed by atoms with Gasteiger partial charge in [-0.2, -0.15) is 10.5 Å². The largest absolute Gasteiger partial charge is 0.465 e. The van der Waals surface area contributed by atoms with Crippen molar-refractivity contribution in [2.24, 2.45) is 5.92 Å². The molecule has 0 aliphatic carbocycles. The SMILES string of the molecule is N#C/C(=C\C=C\N(CCO)CCO)C(=O)OCCCOC(=O)C(C#N)CCCN(CCO)CCO. The van der Waals surface area contributed by atoms with Crippen LogP contribution in [0, 0.1) is 28.6 Å². The topological polar surface area (TPSA) is 188 Å². The molecule has 0 saturated carbocycles. The van der Waals surface area contributed by atoms with Gasteiger partial charge in [0, 0.05) is 32.6 Å². The summed E-state index contributed by atoms with van der Waals surface area (Å²) in [4.78, 5) is 27.5. The van der Waals surface area contributed by atoms with Crippen LogP contribution in [0.25, 0.3) is 0 Å². The lowest BCUT2D eigenvalue weighted by molar-refractivity contribution is -0.147. The van der Waals surface area contributed by atoms with E-state index < -0.39 is 17.9 Å². The minimum atomic E-state index is -0.946. The van der Waals surface area contributed by atoms with Crippen LogP contribution in [0.2, 0.25) is 0 Å². The summed E-state index contributed by atoms with van der Waals surface area (Å²) in [5.41, 5.74) is -0.243. The number of carbonyl (C=O) groups excluding carboxylic acids is 2. The van der Waals surface area contributed by atoms with E-state index in [2.05, 4.69) is 0 Å². The molecular weight excluding hydrogens is 460 g/mol. The van der Waals surface area contributed by atoms with Crippen molar-refractivity contribution in [3.05, 3.63) is 23.9 Å². The van der Waals surface area contributed by atoms with E-state index in [9.17, 15) is 14.9 Å². The number of nitriles is 2. The first-order chi connectivity index (χ1) is 17.0. The summed E-state index contributed by atoms with van der Waals surface area (Å²) in [6, 6.07) is 3.64. The number of allylic oxidation sites excluding steroid dienone is 2. The molecule has 0 rings (SSSR count). The van der Waals surface area contributed by atoms with E-state index in [0.717, 1.165) is 0 Å². The number of carbonyl (C=O) groups is 2. The van der Waals surface area contributed by atoms with E-state index >= 15 is 0 Å². The van der Waals surface area contributed by atoms with E-state index in [1.807, 2.05) is 11.0 Å². The molecule has 1 unspecified atom stereocenters. The van der Waals surface area contributed by atoms with E-state index in [0.29, 0.717) is 26.1 Å². The minimum Gasteiger partial charge on any atom is -0.465 e. The Balaban J connectivity index is 4.37. The monoisotopic (exact) mass is 496 g/mol. The normalized spacial score (nSPS) is 12.3. The van der Waals surface area contributed by atoms with Gasteiger partial charge in [-0.3, -0.25) is 9.69 Å². The smallest absolute Gasteiger partial charge is 0.348 e. The summed E-state index contributed by atoms with van der Waals surface area (Å²) in [7, 11) is 0. The Bertz CT molecular complexity index is 733. The van der Waals surface area contributed by atoms with E-state index in [-0.39, 0.29) is 71.1 Å². The van der Waals surface area contributed by atoms with Crippen LogP contribution in [0.4, 0.5) is 0 Å². The second kappa shape index (κ2) is 21.5. The lowest BCUT2D eigenvalue weighted by Gasteiger charge is -2.20. The number of nitrogens with zero attached hydrogens (tertiary/aromatic N) is 4. The van der Waals surface area contributed by atoms with Gasteiger partial charge >= 0.3 is 11.9 Å². The Labute approximate surface area is 205 Å². The summed E-state index contributed by atoms with van der Waals surface area (Å²) < 4.78 is 10.1. The summed E-state index contributed by atoms with van der Waals surface area (Å²) in [5, 5.41) is 54.2. The molecule has 1 atom stereocenters. The van der Waals surface area contributed by atoms with Gasteiger partial charge in [-0.05, 0) is 37.7 Å². The fourth-order valence-corrected chi connectivity index (χ4v) is 2.88. The molecule has 0 radical (unpaired) electrons.